The first kappa shape index (κ1) is 10.5. The lowest BCUT2D eigenvalue weighted by molar-refractivity contribution is -0.182. The topological polar surface area (TPSA) is 29.5 Å². The Morgan fingerprint density at radius 1 is 1.54 bits per heavy atom. The molecule has 3 atom stereocenters. The molecule has 2 fully saturated rings. The Bertz CT molecular complexity index is 257. The number of ether oxygens (including phenoxy) is 1. The molecule has 2 rings (SSSR count). The van der Waals surface area contributed by atoms with E-state index in [0.29, 0.717) is 6.61 Å². The first-order valence-electron chi connectivity index (χ1n) is 4.12. The van der Waals surface area contributed by atoms with Crippen molar-refractivity contribution in [3.05, 3.63) is 0 Å². The smallest absolute Gasteiger partial charge is 0.213 e. The van der Waals surface area contributed by atoms with Crippen LogP contribution in [0.15, 0.2) is 0 Å². The summed E-state index contributed by atoms with van der Waals surface area (Å²) in [6.07, 6.45) is 0. The highest BCUT2D eigenvalue weighted by molar-refractivity contribution is 9.10. The summed E-state index contributed by atoms with van der Waals surface area (Å²) in [5, 5.41) is 10.1. The molecule has 0 aromatic rings. The number of hydrogen-bond acceptors (Lipinski definition) is 2. The largest absolute Gasteiger partial charge is 0.362 e. The van der Waals surface area contributed by atoms with E-state index in [1.54, 1.807) is 0 Å². The molecule has 5 heteroatoms. The standard InChI is InChI=1S/C8H11BrCl2O2/c1-6(2)4-3-13-8(12,5(10)11)7(4,6)9/h4-5,12H,3H2,1-2H3. The van der Waals surface area contributed by atoms with Crippen LogP contribution >= 0.6 is 39.1 Å². The quantitative estimate of drug-likeness (QED) is 0.751. The minimum atomic E-state index is -1.45. The van der Waals surface area contributed by atoms with Crippen LogP contribution in [0.4, 0.5) is 0 Å². The Labute approximate surface area is 95.7 Å². The predicted octanol–water partition coefficient (Wildman–Crippen LogP) is 2.30. The first-order valence-corrected chi connectivity index (χ1v) is 5.78. The third-order valence-corrected chi connectivity index (χ3v) is 6.23. The average Bonchev–Trinajstić information content (AvgIpc) is 2.34. The zero-order valence-electron chi connectivity index (χ0n) is 7.35. The molecule has 1 aliphatic heterocycles. The van der Waals surface area contributed by atoms with Crippen molar-refractivity contribution in [3.63, 3.8) is 0 Å². The van der Waals surface area contributed by atoms with Crippen LogP contribution in [0.2, 0.25) is 0 Å². The summed E-state index contributed by atoms with van der Waals surface area (Å²) in [7, 11) is 0. The van der Waals surface area contributed by atoms with Gasteiger partial charge < -0.3 is 9.84 Å². The van der Waals surface area contributed by atoms with Crippen LogP contribution in [-0.2, 0) is 4.74 Å². The average molecular weight is 290 g/mol. The van der Waals surface area contributed by atoms with E-state index in [-0.39, 0.29) is 11.3 Å². The van der Waals surface area contributed by atoms with Gasteiger partial charge in [0.2, 0.25) is 5.79 Å². The second kappa shape index (κ2) is 2.56. The molecule has 0 bridgehead atoms. The molecule has 1 aliphatic carbocycles. The monoisotopic (exact) mass is 288 g/mol. The van der Waals surface area contributed by atoms with Gasteiger partial charge in [-0.2, -0.15) is 0 Å². The Morgan fingerprint density at radius 2 is 2.08 bits per heavy atom. The number of alkyl halides is 3. The van der Waals surface area contributed by atoms with Crippen LogP contribution in [0.25, 0.3) is 0 Å². The van der Waals surface area contributed by atoms with Gasteiger partial charge in [-0.1, -0.05) is 53.0 Å². The van der Waals surface area contributed by atoms with Crippen molar-refractivity contribution in [2.45, 2.75) is 28.8 Å². The summed E-state index contributed by atoms with van der Waals surface area (Å²) in [5.74, 6) is -1.17. The van der Waals surface area contributed by atoms with E-state index < -0.39 is 14.9 Å². The van der Waals surface area contributed by atoms with Crippen molar-refractivity contribution in [3.8, 4) is 0 Å². The molecular weight excluding hydrogens is 279 g/mol. The van der Waals surface area contributed by atoms with Crippen LogP contribution < -0.4 is 0 Å². The normalized spacial score (nSPS) is 52.4. The SMILES string of the molecule is CC1(C)C2COC(O)(C(Cl)Cl)C21Br. The number of fused-ring (bicyclic) bond motifs is 1. The number of rotatable bonds is 1. The van der Waals surface area contributed by atoms with Gasteiger partial charge in [-0.3, -0.25) is 0 Å². The summed E-state index contributed by atoms with van der Waals surface area (Å²) in [4.78, 5) is -0.932. The van der Waals surface area contributed by atoms with Crippen molar-refractivity contribution in [1.82, 2.24) is 0 Å². The van der Waals surface area contributed by atoms with Crippen molar-refractivity contribution in [1.29, 1.82) is 0 Å². The number of aliphatic hydroxyl groups is 1. The number of halogens is 3. The second-order valence-electron chi connectivity index (χ2n) is 4.29. The van der Waals surface area contributed by atoms with Crippen LogP contribution in [0.3, 0.4) is 0 Å². The highest BCUT2D eigenvalue weighted by atomic mass is 79.9. The Kier molecular flexibility index (Phi) is 2.07. The second-order valence-corrected chi connectivity index (χ2v) is 6.64. The molecule has 1 N–H and O–H groups in total. The van der Waals surface area contributed by atoms with Gasteiger partial charge in [0.15, 0.2) is 4.84 Å². The van der Waals surface area contributed by atoms with E-state index in [1.165, 1.54) is 0 Å². The molecule has 0 radical (unpaired) electrons. The van der Waals surface area contributed by atoms with Crippen molar-refractivity contribution < 1.29 is 9.84 Å². The van der Waals surface area contributed by atoms with Gasteiger partial charge in [0.25, 0.3) is 0 Å². The van der Waals surface area contributed by atoms with Crippen LogP contribution in [0.5, 0.6) is 0 Å². The molecule has 1 heterocycles. The zero-order chi connectivity index (χ0) is 10.1. The Morgan fingerprint density at radius 3 is 2.31 bits per heavy atom. The minimum absolute atomic E-state index is 0.0119. The van der Waals surface area contributed by atoms with E-state index in [2.05, 4.69) is 29.8 Å². The van der Waals surface area contributed by atoms with Gasteiger partial charge in [-0.05, 0) is 5.41 Å². The highest BCUT2D eigenvalue weighted by Gasteiger charge is 2.84. The highest BCUT2D eigenvalue weighted by Crippen LogP contribution is 2.76. The Hall–Kier alpha value is 0.980. The van der Waals surface area contributed by atoms with Crippen LogP contribution in [-0.4, -0.2) is 26.7 Å². The maximum atomic E-state index is 10.1. The van der Waals surface area contributed by atoms with E-state index in [9.17, 15) is 5.11 Å². The fraction of sp³-hybridized carbons (Fsp3) is 1.00. The van der Waals surface area contributed by atoms with Crippen molar-refractivity contribution in [2.24, 2.45) is 11.3 Å². The van der Waals surface area contributed by atoms with Crippen LogP contribution in [0, 0.1) is 11.3 Å². The van der Waals surface area contributed by atoms with Gasteiger partial charge in [0.1, 0.15) is 0 Å². The van der Waals surface area contributed by atoms with E-state index in [0.717, 1.165) is 0 Å². The molecule has 0 aromatic carbocycles. The minimum Gasteiger partial charge on any atom is -0.362 e. The van der Waals surface area contributed by atoms with Crippen molar-refractivity contribution >= 4 is 39.1 Å². The van der Waals surface area contributed by atoms with Gasteiger partial charge in [0.05, 0.1) is 10.9 Å². The summed E-state index contributed by atoms with van der Waals surface area (Å²) >= 11 is 15.0. The fourth-order valence-electron chi connectivity index (χ4n) is 2.39. The van der Waals surface area contributed by atoms with Gasteiger partial charge in [-0.15, -0.1) is 0 Å². The lowest BCUT2D eigenvalue weighted by Crippen LogP contribution is -2.49. The van der Waals surface area contributed by atoms with Gasteiger partial charge in [-0.25, -0.2) is 0 Å². The third kappa shape index (κ3) is 0.932. The van der Waals surface area contributed by atoms with Crippen molar-refractivity contribution in [2.75, 3.05) is 6.61 Å². The molecule has 0 amide bonds. The summed E-state index contributed by atoms with van der Waals surface area (Å²) in [6.45, 7) is 4.64. The molecule has 13 heavy (non-hydrogen) atoms. The molecule has 76 valence electrons. The van der Waals surface area contributed by atoms with E-state index in [1.807, 2.05) is 0 Å². The predicted molar refractivity (Wildman–Crippen MR) is 55.3 cm³/mol. The maximum Gasteiger partial charge on any atom is 0.213 e. The molecule has 0 spiro atoms. The first-order chi connectivity index (χ1) is 5.78. The molecule has 1 saturated heterocycles. The lowest BCUT2D eigenvalue weighted by atomic mass is 10.0. The fourth-order valence-corrected chi connectivity index (χ4v) is 4.33. The molecule has 2 nitrogen and oxygen atoms in total. The Balaban J connectivity index is 2.36. The van der Waals surface area contributed by atoms with Gasteiger partial charge >= 0.3 is 0 Å². The molecule has 0 aromatic heterocycles. The maximum absolute atomic E-state index is 10.1. The van der Waals surface area contributed by atoms with E-state index >= 15 is 0 Å². The molecule has 1 saturated carbocycles. The number of hydrogen-bond donors (Lipinski definition) is 1. The summed E-state index contributed by atoms with van der Waals surface area (Å²) in [5.41, 5.74) is -0.0119. The molecule has 2 aliphatic rings. The summed E-state index contributed by atoms with van der Waals surface area (Å²) in [6, 6.07) is 0. The summed E-state index contributed by atoms with van der Waals surface area (Å²) < 4.78 is 4.76. The molecular formula is C8H11BrCl2O2. The van der Waals surface area contributed by atoms with Gasteiger partial charge in [0, 0.05) is 5.92 Å². The van der Waals surface area contributed by atoms with E-state index in [4.69, 9.17) is 27.9 Å². The third-order valence-electron chi connectivity index (χ3n) is 3.49. The zero-order valence-corrected chi connectivity index (χ0v) is 10.4. The molecule has 3 unspecified atom stereocenters. The lowest BCUT2D eigenvalue weighted by Gasteiger charge is -2.33. The van der Waals surface area contributed by atoms with Crippen LogP contribution in [0.1, 0.15) is 13.8 Å².